The van der Waals surface area contributed by atoms with Gasteiger partial charge in [-0.2, -0.15) is 0 Å². The average molecular weight is 503 g/mol. The molecule has 3 fully saturated rings. The summed E-state index contributed by atoms with van der Waals surface area (Å²) in [7, 11) is 0. The van der Waals surface area contributed by atoms with E-state index in [1.54, 1.807) is 0 Å². The average Bonchev–Trinajstić information content (AvgIpc) is 3.43. The van der Waals surface area contributed by atoms with Crippen LogP contribution in [0.1, 0.15) is 27.7 Å². The van der Waals surface area contributed by atoms with Crippen molar-refractivity contribution < 1.29 is 58.7 Å². The normalized spacial score (nSPS) is 33.7. The molecule has 3 aliphatic heterocycles. The fourth-order valence-corrected chi connectivity index (χ4v) is 3.91. The van der Waals surface area contributed by atoms with Crippen LogP contribution in [0.5, 0.6) is 0 Å². The summed E-state index contributed by atoms with van der Waals surface area (Å²) in [5, 5.41) is 0. The minimum absolute atomic E-state index is 0. The molecular formula is C21H27MoO8-. The second-order valence-corrected chi connectivity index (χ2v) is 7.36. The van der Waals surface area contributed by atoms with Crippen molar-refractivity contribution in [2.75, 3.05) is 6.61 Å². The molecule has 30 heavy (non-hydrogen) atoms. The Balaban J connectivity index is 0. The van der Waals surface area contributed by atoms with Gasteiger partial charge < -0.3 is 31.1 Å². The van der Waals surface area contributed by atoms with Crippen LogP contribution < -0.4 is 0 Å². The van der Waals surface area contributed by atoms with Gasteiger partial charge in [0.1, 0.15) is 12.2 Å². The summed E-state index contributed by atoms with van der Waals surface area (Å²) < 4.78 is 52.5. The third-order valence-corrected chi connectivity index (χ3v) is 4.76. The second-order valence-electron chi connectivity index (χ2n) is 7.36. The standard InChI is InChI=1S/C17H24O5.3CO.CH3.Mo/c1-16(2)18-9-11(20-16)13-12(10-7-5-6-8-10)14-15(19-13)22-17(3,4)21-14;3*1-2;;/h5-8,10-15H,9H2,1-4H3;;;;1H3;/q;;;;-1;/t11-,12-,13?,14-,15-;;;;;/m1...../s1. The van der Waals surface area contributed by atoms with E-state index in [4.69, 9.17) is 37.6 Å². The molecule has 1 aliphatic carbocycles. The number of fused-ring (bicyclic) bond motifs is 1. The molecule has 9 heteroatoms. The first-order chi connectivity index (χ1) is 13.3. The van der Waals surface area contributed by atoms with Gasteiger partial charge in [0.05, 0.1) is 12.7 Å². The number of ether oxygens (including phenoxy) is 5. The molecule has 1 unspecified atom stereocenters. The van der Waals surface area contributed by atoms with Crippen LogP contribution in [0.2, 0.25) is 0 Å². The molecule has 8 nitrogen and oxygen atoms in total. The summed E-state index contributed by atoms with van der Waals surface area (Å²) in [6, 6.07) is 0. The van der Waals surface area contributed by atoms with E-state index >= 15 is 0 Å². The summed E-state index contributed by atoms with van der Waals surface area (Å²) in [4.78, 5) is 0. The molecule has 4 rings (SSSR count). The first-order valence-corrected chi connectivity index (χ1v) is 8.64. The Hall–Kier alpha value is -0.812. The number of hydrogen-bond acceptors (Lipinski definition) is 5. The van der Waals surface area contributed by atoms with Crippen LogP contribution >= 0.6 is 0 Å². The van der Waals surface area contributed by atoms with Gasteiger partial charge in [-0.05, 0) is 27.7 Å². The Morgan fingerprint density at radius 2 is 1.33 bits per heavy atom. The van der Waals surface area contributed by atoms with Crippen molar-refractivity contribution in [2.24, 2.45) is 11.8 Å². The quantitative estimate of drug-likeness (QED) is 0.327. The minimum atomic E-state index is -0.600. The third-order valence-electron chi connectivity index (χ3n) is 4.76. The van der Waals surface area contributed by atoms with Gasteiger partial charge in [0, 0.05) is 32.9 Å². The fraction of sp³-hybridized carbons (Fsp3) is 0.619. The van der Waals surface area contributed by atoms with Crippen molar-refractivity contribution in [3.8, 4) is 0 Å². The van der Waals surface area contributed by atoms with E-state index in [-0.39, 0.29) is 64.9 Å². The fourth-order valence-electron chi connectivity index (χ4n) is 3.91. The zero-order valence-corrected chi connectivity index (χ0v) is 19.7. The zero-order chi connectivity index (χ0) is 21.5. The largest absolute Gasteiger partial charge is 0.358 e. The Labute approximate surface area is 192 Å². The third kappa shape index (κ3) is 7.12. The molecule has 0 radical (unpaired) electrons. The van der Waals surface area contributed by atoms with Crippen molar-refractivity contribution in [1.82, 2.24) is 0 Å². The summed E-state index contributed by atoms with van der Waals surface area (Å²) in [6.07, 6.45) is 7.94. The predicted molar refractivity (Wildman–Crippen MR) is 97.1 cm³/mol. The van der Waals surface area contributed by atoms with E-state index < -0.39 is 11.6 Å². The van der Waals surface area contributed by atoms with Crippen LogP contribution in [-0.4, -0.2) is 42.8 Å². The maximum Gasteiger partial charge on any atom is 0 e. The first-order valence-electron chi connectivity index (χ1n) is 8.64. The maximum absolute atomic E-state index is 7.50. The molecule has 0 amide bonds. The molecule has 0 spiro atoms. The van der Waals surface area contributed by atoms with Crippen LogP contribution in [0.15, 0.2) is 24.3 Å². The molecule has 0 aromatic rings. The van der Waals surface area contributed by atoms with Crippen molar-refractivity contribution in [2.45, 2.75) is 63.9 Å². The van der Waals surface area contributed by atoms with Gasteiger partial charge >= 0.3 is 33.9 Å². The summed E-state index contributed by atoms with van der Waals surface area (Å²) in [6.45, 7) is 21.8. The van der Waals surface area contributed by atoms with Crippen LogP contribution in [0.4, 0.5) is 0 Å². The van der Waals surface area contributed by atoms with Crippen molar-refractivity contribution in [3.05, 3.63) is 51.7 Å². The molecule has 0 saturated carbocycles. The molecule has 5 atom stereocenters. The van der Waals surface area contributed by atoms with E-state index in [0.717, 1.165) is 0 Å². The van der Waals surface area contributed by atoms with Crippen molar-refractivity contribution >= 4 is 0 Å². The molecule has 0 bridgehead atoms. The molecule has 4 aliphatic rings. The van der Waals surface area contributed by atoms with E-state index in [2.05, 4.69) is 44.3 Å². The topological polar surface area (TPSA) is 106 Å². The first kappa shape index (κ1) is 31.4. The molecule has 0 aromatic carbocycles. The SMILES string of the molecule is CC1(C)O[C@H]2OC([C@H]3COC(C)(C)O3)[C@@H](C3C=CC=C3)[C@H]2O1.[C-]#[O+].[C-]#[O+].[C-]#[O+].[CH3-].[Mo]. The maximum atomic E-state index is 7.50. The van der Waals surface area contributed by atoms with Crippen LogP contribution in [0.3, 0.4) is 0 Å². The number of rotatable bonds is 2. The van der Waals surface area contributed by atoms with Gasteiger partial charge in [-0.15, -0.1) is 0 Å². The Bertz CT molecular complexity index is 610. The minimum Gasteiger partial charge on any atom is -0.358 e. The van der Waals surface area contributed by atoms with Crippen LogP contribution in [0.25, 0.3) is 0 Å². The molecular weight excluding hydrogens is 476 g/mol. The zero-order valence-electron chi connectivity index (χ0n) is 17.7. The molecule has 0 N–H and O–H groups in total. The molecule has 3 heterocycles. The monoisotopic (exact) mass is 505 g/mol. The molecule has 166 valence electrons. The second kappa shape index (κ2) is 13.6. The van der Waals surface area contributed by atoms with Gasteiger partial charge in [-0.1, -0.05) is 24.3 Å². The molecule has 0 aromatic heterocycles. The van der Waals surface area contributed by atoms with E-state index in [1.807, 2.05) is 27.7 Å². The van der Waals surface area contributed by atoms with Crippen molar-refractivity contribution in [1.29, 1.82) is 0 Å². The summed E-state index contributed by atoms with van der Waals surface area (Å²) in [5.41, 5.74) is 0. The van der Waals surface area contributed by atoms with Gasteiger partial charge in [-0.25, -0.2) is 0 Å². The molecule has 3 saturated heterocycles. The number of hydrogen-bond donors (Lipinski definition) is 0. The smallest absolute Gasteiger partial charge is 0 e. The van der Waals surface area contributed by atoms with Crippen LogP contribution in [0, 0.1) is 39.2 Å². The van der Waals surface area contributed by atoms with E-state index in [9.17, 15) is 0 Å². The number of allylic oxidation sites excluding steroid dienone is 4. The van der Waals surface area contributed by atoms with Gasteiger partial charge in [0.25, 0.3) is 0 Å². The Morgan fingerprint density at radius 3 is 1.80 bits per heavy atom. The predicted octanol–water partition coefficient (Wildman–Crippen LogP) is 2.71. The Kier molecular flexibility index (Phi) is 14.2. The van der Waals surface area contributed by atoms with Gasteiger partial charge in [0.15, 0.2) is 17.9 Å². The van der Waals surface area contributed by atoms with E-state index in [0.29, 0.717) is 6.61 Å². The van der Waals surface area contributed by atoms with Crippen LogP contribution in [-0.2, 0) is 58.7 Å². The van der Waals surface area contributed by atoms with Gasteiger partial charge in [0.2, 0.25) is 0 Å². The summed E-state index contributed by atoms with van der Waals surface area (Å²) >= 11 is 0. The Morgan fingerprint density at radius 1 is 0.800 bits per heavy atom. The van der Waals surface area contributed by atoms with E-state index in [1.165, 1.54) is 0 Å². The summed E-state index contributed by atoms with van der Waals surface area (Å²) in [5.74, 6) is -0.704. The van der Waals surface area contributed by atoms with Gasteiger partial charge in [-0.3, -0.25) is 0 Å². The van der Waals surface area contributed by atoms with Crippen molar-refractivity contribution in [3.63, 3.8) is 0 Å².